The summed E-state index contributed by atoms with van der Waals surface area (Å²) >= 11 is 1.77. The normalized spacial score (nSPS) is 15.0. The molecule has 1 aliphatic rings. The molecular formula is C16H16N4S. The molecule has 0 bridgehead atoms. The molecule has 4 nitrogen and oxygen atoms in total. The standard InChI is InChI=1S/C16H16N4S/c1-2-5-14(6-3-1)19-20-15-9-7-13(8-10-15)18-16-17-11-4-12-21-16/h1-3,5-10H,4,11-12H2,(H,17,18). The van der Waals surface area contributed by atoms with E-state index in [0.717, 1.165) is 40.9 Å². The van der Waals surface area contributed by atoms with Gasteiger partial charge < -0.3 is 5.32 Å². The highest BCUT2D eigenvalue weighted by Gasteiger charge is 2.05. The fourth-order valence-corrected chi connectivity index (χ4v) is 2.72. The van der Waals surface area contributed by atoms with Crippen molar-refractivity contribution < 1.29 is 0 Å². The lowest BCUT2D eigenvalue weighted by molar-refractivity contribution is 0.938. The second-order valence-corrected chi connectivity index (χ2v) is 5.68. The van der Waals surface area contributed by atoms with Gasteiger partial charge in [-0.1, -0.05) is 30.0 Å². The van der Waals surface area contributed by atoms with E-state index in [1.54, 1.807) is 11.8 Å². The monoisotopic (exact) mass is 296 g/mol. The number of nitrogens with one attached hydrogen (secondary N) is 1. The fraction of sp³-hybridized carbons (Fsp3) is 0.188. The summed E-state index contributed by atoms with van der Waals surface area (Å²) in [7, 11) is 0. The van der Waals surface area contributed by atoms with Gasteiger partial charge in [0, 0.05) is 18.0 Å². The van der Waals surface area contributed by atoms with Crippen molar-refractivity contribution in [1.29, 1.82) is 0 Å². The largest absolute Gasteiger partial charge is 0.335 e. The summed E-state index contributed by atoms with van der Waals surface area (Å²) in [5, 5.41) is 12.7. The van der Waals surface area contributed by atoms with Crippen LogP contribution in [0.1, 0.15) is 6.42 Å². The SMILES string of the molecule is c1ccc(N=Nc2ccc(NC3=NCCCS3)cc2)cc1. The smallest absolute Gasteiger partial charge is 0.161 e. The van der Waals surface area contributed by atoms with Crippen molar-refractivity contribution in [2.24, 2.45) is 15.2 Å². The Morgan fingerprint density at radius 1 is 0.905 bits per heavy atom. The van der Waals surface area contributed by atoms with Crippen molar-refractivity contribution >= 4 is 34.0 Å². The Morgan fingerprint density at radius 3 is 2.29 bits per heavy atom. The molecule has 1 heterocycles. The summed E-state index contributed by atoms with van der Waals surface area (Å²) in [5.74, 6) is 1.13. The Morgan fingerprint density at radius 2 is 1.62 bits per heavy atom. The van der Waals surface area contributed by atoms with Gasteiger partial charge >= 0.3 is 0 Å². The Labute approximate surface area is 128 Å². The summed E-state index contributed by atoms with van der Waals surface area (Å²) in [4.78, 5) is 4.45. The molecule has 0 atom stereocenters. The number of thioether (sulfide) groups is 1. The highest BCUT2D eigenvalue weighted by molar-refractivity contribution is 8.14. The van der Waals surface area contributed by atoms with Gasteiger partial charge in [-0.15, -0.1) is 0 Å². The maximum absolute atomic E-state index is 4.45. The van der Waals surface area contributed by atoms with Crippen LogP contribution in [-0.2, 0) is 0 Å². The van der Waals surface area contributed by atoms with E-state index in [9.17, 15) is 0 Å². The minimum atomic E-state index is 0.836. The first kappa shape index (κ1) is 13.8. The van der Waals surface area contributed by atoms with E-state index >= 15 is 0 Å². The number of anilines is 1. The lowest BCUT2D eigenvalue weighted by atomic mass is 10.3. The summed E-state index contributed by atoms with van der Waals surface area (Å²) < 4.78 is 0. The molecule has 0 spiro atoms. The number of amidine groups is 1. The molecule has 0 radical (unpaired) electrons. The Kier molecular flexibility index (Phi) is 4.63. The van der Waals surface area contributed by atoms with Crippen LogP contribution in [0.3, 0.4) is 0 Å². The van der Waals surface area contributed by atoms with Crippen LogP contribution in [0.25, 0.3) is 0 Å². The minimum Gasteiger partial charge on any atom is -0.335 e. The average Bonchev–Trinajstić information content (AvgIpc) is 2.56. The first-order chi connectivity index (χ1) is 10.4. The minimum absolute atomic E-state index is 0.836. The molecule has 0 amide bonds. The highest BCUT2D eigenvalue weighted by Crippen LogP contribution is 2.21. The zero-order chi connectivity index (χ0) is 14.3. The van der Waals surface area contributed by atoms with E-state index in [1.807, 2.05) is 54.6 Å². The van der Waals surface area contributed by atoms with Crippen molar-refractivity contribution in [3.05, 3.63) is 54.6 Å². The van der Waals surface area contributed by atoms with Crippen LogP contribution < -0.4 is 5.32 Å². The number of hydrogen-bond donors (Lipinski definition) is 1. The number of benzene rings is 2. The van der Waals surface area contributed by atoms with Crippen molar-refractivity contribution in [3.8, 4) is 0 Å². The van der Waals surface area contributed by atoms with Crippen LogP contribution >= 0.6 is 11.8 Å². The molecule has 2 aromatic carbocycles. The number of hydrogen-bond acceptors (Lipinski definition) is 5. The summed E-state index contributed by atoms with van der Waals surface area (Å²) in [6.07, 6.45) is 1.16. The van der Waals surface area contributed by atoms with Gasteiger partial charge in [0.1, 0.15) is 0 Å². The maximum atomic E-state index is 4.45. The molecule has 5 heteroatoms. The van der Waals surface area contributed by atoms with E-state index in [-0.39, 0.29) is 0 Å². The summed E-state index contributed by atoms with van der Waals surface area (Å²) in [6.45, 7) is 0.915. The van der Waals surface area contributed by atoms with Gasteiger partial charge in [0.25, 0.3) is 0 Å². The van der Waals surface area contributed by atoms with Crippen LogP contribution in [0.15, 0.2) is 69.8 Å². The van der Waals surface area contributed by atoms with Gasteiger partial charge in [0.15, 0.2) is 5.17 Å². The molecule has 3 rings (SSSR count). The van der Waals surface area contributed by atoms with Crippen molar-refractivity contribution in [2.75, 3.05) is 17.6 Å². The molecule has 2 aromatic rings. The molecule has 1 aliphatic heterocycles. The number of azo groups is 1. The van der Waals surface area contributed by atoms with Crippen molar-refractivity contribution in [3.63, 3.8) is 0 Å². The van der Waals surface area contributed by atoms with Crippen LogP contribution in [-0.4, -0.2) is 17.5 Å². The predicted octanol–water partition coefficient (Wildman–Crippen LogP) is 5.01. The molecule has 0 aromatic heterocycles. The highest BCUT2D eigenvalue weighted by atomic mass is 32.2. The third kappa shape index (κ3) is 4.16. The van der Waals surface area contributed by atoms with Gasteiger partial charge in [-0.3, -0.25) is 4.99 Å². The van der Waals surface area contributed by atoms with E-state index in [2.05, 4.69) is 20.5 Å². The second kappa shape index (κ2) is 7.04. The van der Waals surface area contributed by atoms with Gasteiger partial charge in [-0.25, -0.2) is 0 Å². The van der Waals surface area contributed by atoms with Crippen LogP contribution in [0.4, 0.5) is 17.1 Å². The Bertz CT molecular complexity index is 635. The molecular weight excluding hydrogens is 280 g/mol. The molecule has 21 heavy (non-hydrogen) atoms. The van der Waals surface area contributed by atoms with Gasteiger partial charge in [0.2, 0.25) is 0 Å². The van der Waals surface area contributed by atoms with Crippen LogP contribution in [0.2, 0.25) is 0 Å². The van der Waals surface area contributed by atoms with Gasteiger partial charge in [-0.2, -0.15) is 10.2 Å². The molecule has 1 N–H and O–H groups in total. The molecule has 0 fully saturated rings. The number of nitrogens with zero attached hydrogens (tertiary/aromatic N) is 3. The van der Waals surface area contributed by atoms with E-state index in [1.165, 1.54) is 0 Å². The van der Waals surface area contributed by atoms with E-state index in [4.69, 9.17) is 0 Å². The van der Waals surface area contributed by atoms with E-state index < -0.39 is 0 Å². The molecule has 0 saturated heterocycles. The van der Waals surface area contributed by atoms with Crippen LogP contribution in [0, 0.1) is 0 Å². The fourth-order valence-electron chi connectivity index (χ4n) is 1.88. The zero-order valence-electron chi connectivity index (χ0n) is 11.6. The summed E-state index contributed by atoms with van der Waals surface area (Å²) in [5.41, 5.74) is 2.72. The quantitative estimate of drug-likeness (QED) is 0.810. The van der Waals surface area contributed by atoms with Crippen molar-refractivity contribution in [2.45, 2.75) is 6.42 Å². The van der Waals surface area contributed by atoms with Crippen LogP contribution in [0.5, 0.6) is 0 Å². The lowest BCUT2D eigenvalue weighted by Gasteiger charge is -2.13. The summed E-state index contributed by atoms with van der Waals surface area (Å²) in [6, 6.07) is 17.6. The topological polar surface area (TPSA) is 49.1 Å². The first-order valence-corrected chi connectivity index (χ1v) is 7.90. The van der Waals surface area contributed by atoms with Gasteiger partial charge in [-0.05, 0) is 42.8 Å². The van der Waals surface area contributed by atoms with Gasteiger partial charge in [0.05, 0.1) is 11.4 Å². The molecule has 0 unspecified atom stereocenters. The predicted molar refractivity (Wildman–Crippen MR) is 90.1 cm³/mol. The first-order valence-electron chi connectivity index (χ1n) is 6.91. The zero-order valence-corrected chi connectivity index (χ0v) is 12.4. The average molecular weight is 296 g/mol. The Hall–Kier alpha value is -2.14. The third-order valence-electron chi connectivity index (χ3n) is 2.95. The molecule has 0 saturated carbocycles. The second-order valence-electron chi connectivity index (χ2n) is 4.60. The lowest BCUT2D eigenvalue weighted by Crippen LogP contribution is -2.13. The maximum Gasteiger partial charge on any atom is 0.161 e. The Balaban J connectivity index is 1.64. The molecule has 106 valence electrons. The van der Waals surface area contributed by atoms with E-state index in [0.29, 0.717) is 0 Å². The molecule has 0 aliphatic carbocycles. The number of rotatable bonds is 3. The number of aliphatic imine (C=N–C) groups is 1. The third-order valence-corrected chi connectivity index (χ3v) is 3.95. The van der Waals surface area contributed by atoms with Crippen molar-refractivity contribution in [1.82, 2.24) is 0 Å².